The molecular weight excluding hydrogens is 324 g/mol. The summed E-state index contributed by atoms with van der Waals surface area (Å²) in [6.07, 6.45) is 14.4. The molecule has 26 heavy (non-hydrogen) atoms. The Kier molecular flexibility index (Phi) is 12.2. The standard InChI is InChI=1S/C21H44N4O/c1-21(2,3)20(24-18-14-13-17-23-18)25-19(26)15-11-9-7-5-4-6-8-10-12-16-22/h18,20,23-24H,4-17,22H2,1-3H3,(H,25,26). The summed E-state index contributed by atoms with van der Waals surface area (Å²) in [5.41, 5.74) is 5.51. The van der Waals surface area contributed by atoms with Crippen LogP contribution in [0.5, 0.6) is 0 Å². The number of hydrogen-bond acceptors (Lipinski definition) is 4. The summed E-state index contributed by atoms with van der Waals surface area (Å²) in [5.74, 6) is 0.178. The quantitative estimate of drug-likeness (QED) is 0.279. The first kappa shape index (κ1) is 23.4. The molecule has 0 aromatic rings. The Hall–Kier alpha value is -0.650. The molecule has 5 heteroatoms. The molecule has 154 valence electrons. The third-order valence-electron chi connectivity index (χ3n) is 5.21. The lowest BCUT2D eigenvalue weighted by Crippen LogP contribution is -2.58. The van der Waals surface area contributed by atoms with Crippen molar-refractivity contribution in [2.45, 2.75) is 110 Å². The predicted molar refractivity (Wildman–Crippen MR) is 111 cm³/mol. The van der Waals surface area contributed by atoms with Crippen LogP contribution in [-0.2, 0) is 4.79 Å². The summed E-state index contributed by atoms with van der Waals surface area (Å²) in [4.78, 5) is 12.3. The maximum absolute atomic E-state index is 12.3. The molecule has 0 radical (unpaired) electrons. The topological polar surface area (TPSA) is 79.2 Å². The van der Waals surface area contributed by atoms with Gasteiger partial charge in [0.1, 0.15) is 0 Å². The summed E-state index contributed by atoms with van der Waals surface area (Å²) < 4.78 is 0. The summed E-state index contributed by atoms with van der Waals surface area (Å²) >= 11 is 0. The number of carbonyl (C=O) groups is 1. The maximum atomic E-state index is 12.3. The first-order valence-electron chi connectivity index (χ1n) is 10.9. The van der Waals surface area contributed by atoms with E-state index in [1.54, 1.807) is 0 Å². The fraction of sp³-hybridized carbons (Fsp3) is 0.952. The lowest BCUT2D eigenvalue weighted by atomic mass is 9.91. The third kappa shape index (κ3) is 11.1. The van der Waals surface area contributed by atoms with Gasteiger partial charge in [-0.25, -0.2) is 0 Å². The molecule has 0 aromatic carbocycles. The highest BCUT2D eigenvalue weighted by atomic mass is 16.1. The van der Waals surface area contributed by atoms with Crippen molar-refractivity contribution in [1.82, 2.24) is 16.0 Å². The van der Waals surface area contributed by atoms with E-state index in [0.29, 0.717) is 12.6 Å². The second kappa shape index (κ2) is 13.5. The smallest absolute Gasteiger partial charge is 0.221 e. The van der Waals surface area contributed by atoms with Crippen LogP contribution >= 0.6 is 0 Å². The van der Waals surface area contributed by atoms with E-state index in [1.165, 1.54) is 44.9 Å². The molecule has 2 unspecified atom stereocenters. The van der Waals surface area contributed by atoms with Crippen molar-refractivity contribution in [3.63, 3.8) is 0 Å². The molecule has 1 aliphatic heterocycles. The van der Waals surface area contributed by atoms with Gasteiger partial charge in [0, 0.05) is 6.42 Å². The predicted octanol–water partition coefficient (Wildman–Crippen LogP) is 3.63. The molecule has 1 fully saturated rings. The van der Waals surface area contributed by atoms with Gasteiger partial charge in [-0.15, -0.1) is 0 Å². The van der Waals surface area contributed by atoms with E-state index in [-0.39, 0.29) is 17.5 Å². The molecule has 0 aromatic heterocycles. The van der Waals surface area contributed by atoms with E-state index >= 15 is 0 Å². The highest BCUT2D eigenvalue weighted by Gasteiger charge is 2.29. The number of amides is 1. The van der Waals surface area contributed by atoms with Crippen molar-refractivity contribution < 1.29 is 4.79 Å². The number of nitrogens with one attached hydrogen (secondary N) is 3. The van der Waals surface area contributed by atoms with Gasteiger partial charge >= 0.3 is 0 Å². The van der Waals surface area contributed by atoms with Crippen LogP contribution in [0.3, 0.4) is 0 Å². The van der Waals surface area contributed by atoms with Crippen molar-refractivity contribution >= 4 is 5.91 Å². The van der Waals surface area contributed by atoms with E-state index in [4.69, 9.17) is 5.73 Å². The van der Waals surface area contributed by atoms with Crippen LogP contribution in [0.4, 0.5) is 0 Å². The lowest BCUT2D eigenvalue weighted by molar-refractivity contribution is -0.123. The van der Waals surface area contributed by atoms with Crippen molar-refractivity contribution in [2.24, 2.45) is 11.1 Å². The highest BCUT2D eigenvalue weighted by molar-refractivity contribution is 5.76. The zero-order chi connectivity index (χ0) is 19.3. The van der Waals surface area contributed by atoms with Crippen LogP contribution in [0, 0.1) is 5.41 Å². The van der Waals surface area contributed by atoms with E-state index in [2.05, 4.69) is 36.7 Å². The van der Waals surface area contributed by atoms with Gasteiger partial charge in [-0.05, 0) is 44.2 Å². The fourth-order valence-electron chi connectivity index (χ4n) is 3.44. The highest BCUT2D eigenvalue weighted by Crippen LogP contribution is 2.19. The van der Waals surface area contributed by atoms with Gasteiger partial charge < -0.3 is 16.4 Å². The van der Waals surface area contributed by atoms with Gasteiger partial charge in [0.15, 0.2) is 0 Å². The van der Waals surface area contributed by atoms with Crippen molar-refractivity contribution in [3.8, 4) is 0 Å². The van der Waals surface area contributed by atoms with Gasteiger partial charge in [0.25, 0.3) is 0 Å². The molecule has 1 amide bonds. The Labute approximate surface area is 161 Å². The van der Waals surface area contributed by atoms with Gasteiger partial charge in [-0.3, -0.25) is 10.1 Å². The maximum Gasteiger partial charge on any atom is 0.221 e. The number of unbranched alkanes of at least 4 members (excludes halogenated alkanes) is 8. The molecule has 5 N–H and O–H groups in total. The third-order valence-corrected chi connectivity index (χ3v) is 5.21. The summed E-state index contributed by atoms with van der Waals surface area (Å²) in [7, 11) is 0. The van der Waals surface area contributed by atoms with Crippen LogP contribution < -0.4 is 21.7 Å². The van der Waals surface area contributed by atoms with E-state index < -0.39 is 0 Å². The Bertz CT molecular complexity index is 362. The number of hydrogen-bond donors (Lipinski definition) is 4. The van der Waals surface area contributed by atoms with E-state index in [9.17, 15) is 4.79 Å². The molecule has 5 nitrogen and oxygen atoms in total. The molecule has 1 saturated heterocycles. The van der Waals surface area contributed by atoms with E-state index in [0.717, 1.165) is 38.8 Å². The molecule has 0 bridgehead atoms. The minimum atomic E-state index is 0.00380. The van der Waals surface area contributed by atoms with Crippen molar-refractivity contribution in [2.75, 3.05) is 13.1 Å². The molecule has 1 heterocycles. The van der Waals surface area contributed by atoms with Crippen molar-refractivity contribution in [1.29, 1.82) is 0 Å². The van der Waals surface area contributed by atoms with Crippen LogP contribution in [0.1, 0.15) is 97.8 Å². The minimum absolute atomic E-state index is 0.00380. The normalized spacial score (nSPS) is 18.8. The SMILES string of the molecule is CC(C)(C)C(NC(=O)CCCCCCCCCCCN)NC1CCCN1. The second-order valence-electron chi connectivity index (χ2n) is 8.90. The Morgan fingerprint density at radius 1 is 1.04 bits per heavy atom. The largest absolute Gasteiger partial charge is 0.340 e. The Morgan fingerprint density at radius 2 is 1.62 bits per heavy atom. The van der Waals surface area contributed by atoms with Gasteiger partial charge in [0.2, 0.25) is 5.91 Å². The Balaban J connectivity index is 2.09. The minimum Gasteiger partial charge on any atom is -0.340 e. The number of carbonyl (C=O) groups excluding carboxylic acids is 1. The van der Waals surface area contributed by atoms with Crippen molar-refractivity contribution in [3.05, 3.63) is 0 Å². The van der Waals surface area contributed by atoms with Gasteiger partial charge in [0.05, 0.1) is 12.3 Å². The molecule has 2 atom stereocenters. The number of rotatable bonds is 14. The number of nitrogens with two attached hydrogens (primary N) is 1. The average Bonchev–Trinajstić information content (AvgIpc) is 3.08. The second-order valence-corrected chi connectivity index (χ2v) is 8.90. The van der Waals surface area contributed by atoms with E-state index in [1.807, 2.05) is 0 Å². The van der Waals surface area contributed by atoms with Gasteiger partial charge in [-0.1, -0.05) is 65.7 Å². The summed E-state index contributed by atoms with van der Waals surface area (Å²) in [6.45, 7) is 8.41. The van der Waals surface area contributed by atoms with Crippen LogP contribution in [0.15, 0.2) is 0 Å². The summed E-state index contributed by atoms with van der Waals surface area (Å²) in [5, 5.41) is 10.2. The fourth-order valence-corrected chi connectivity index (χ4v) is 3.44. The van der Waals surface area contributed by atoms with Crippen LogP contribution in [0.25, 0.3) is 0 Å². The molecule has 1 aliphatic rings. The molecule has 0 saturated carbocycles. The molecule has 0 spiro atoms. The van der Waals surface area contributed by atoms with Gasteiger partial charge in [-0.2, -0.15) is 0 Å². The first-order valence-corrected chi connectivity index (χ1v) is 10.9. The molecule has 1 rings (SSSR count). The summed E-state index contributed by atoms with van der Waals surface area (Å²) in [6, 6.07) is 0. The molecular formula is C21H44N4O. The van der Waals surface area contributed by atoms with Crippen LogP contribution in [0.2, 0.25) is 0 Å². The monoisotopic (exact) mass is 368 g/mol. The Morgan fingerprint density at radius 3 is 2.12 bits per heavy atom. The lowest BCUT2D eigenvalue weighted by Gasteiger charge is -2.34. The molecule has 0 aliphatic carbocycles. The zero-order valence-corrected chi connectivity index (χ0v) is 17.5. The first-order chi connectivity index (χ1) is 12.4. The zero-order valence-electron chi connectivity index (χ0n) is 17.5. The van der Waals surface area contributed by atoms with Crippen LogP contribution in [-0.4, -0.2) is 31.3 Å². The average molecular weight is 369 g/mol.